The van der Waals surface area contributed by atoms with E-state index in [0.29, 0.717) is 0 Å². The summed E-state index contributed by atoms with van der Waals surface area (Å²) in [5.41, 5.74) is 0.186. The summed E-state index contributed by atoms with van der Waals surface area (Å²) >= 11 is 0. The zero-order valence-electron chi connectivity index (χ0n) is 18.1. The van der Waals surface area contributed by atoms with Crippen LogP contribution in [-0.2, 0) is 32.9 Å². The van der Waals surface area contributed by atoms with Gasteiger partial charge in [0.05, 0.1) is 24.3 Å². The summed E-state index contributed by atoms with van der Waals surface area (Å²) < 4.78 is 26.6. The van der Waals surface area contributed by atoms with Gasteiger partial charge in [-0.1, -0.05) is 31.0 Å². The molecule has 0 spiro atoms. The molecule has 0 radical (unpaired) electrons. The Morgan fingerprint density at radius 1 is 1.06 bits per heavy atom. The second-order valence-corrected chi connectivity index (χ2v) is 9.65. The molecule has 1 aromatic carbocycles. The van der Waals surface area contributed by atoms with Crippen molar-refractivity contribution in [3.05, 3.63) is 35.9 Å². The van der Waals surface area contributed by atoms with Crippen LogP contribution in [0.15, 0.2) is 30.3 Å². The van der Waals surface area contributed by atoms with E-state index in [0.717, 1.165) is 25.7 Å². The second-order valence-electron chi connectivity index (χ2n) is 7.75. The fraction of sp³-hybridized carbons (Fsp3) is 0.545. The molecular weight excluding hydrogens is 439 g/mol. The lowest BCUT2D eigenvalue weighted by molar-refractivity contribution is -0.163. The molecule has 10 heteroatoms. The second kappa shape index (κ2) is 12.6. The highest BCUT2D eigenvalue weighted by molar-refractivity contribution is 7.52. The van der Waals surface area contributed by atoms with E-state index in [1.54, 1.807) is 18.2 Å². The van der Waals surface area contributed by atoms with Gasteiger partial charge < -0.3 is 18.9 Å². The third-order valence-corrected chi connectivity index (χ3v) is 6.74. The van der Waals surface area contributed by atoms with Crippen LogP contribution in [-0.4, -0.2) is 41.5 Å². The molecule has 1 aromatic rings. The third-order valence-electron chi connectivity index (χ3n) is 5.17. The number of hydrogen-bond donors (Lipinski definition) is 1. The highest BCUT2D eigenvalue weighted by atomic mass is 31.2. The van der Waals surface area contributed by atoms with Crippen molar-refractivity contribution in [2.24, 2.45) is 11.8 Å². The number of carbonyl (C=O) groups excluding carboxylic acids is 4. The van der Waals surface area contributed by atoms with Crippen LogP contribution >= 0.6 is 7.60 Å². The van der Waals surface area contributed by atoms with Gasteiger partial charge in [0, 0.05) is 12.8 Å². The normalized spacial score (nSPS) is 16.7. The molecule has 0 bridgehead atoms. The van der Waals surface area contributed by atoms with E-state index in [9.17, 15) is 28.6 Å². The van der Waals surface area contributed by atoms with E-state index >= 15 is 0 Å². The van der Waals surface area contributed by atoms with Gasteiger partial charge in [-0.15, -0.1) is 0 Å². The Kier molecular flexibility index (Phi) is 10.2. The molecule has 1 aliphatic carbocycles. The molecule has 2 rings (SSSR count). The third kappa shape index (κ3) is 9.02. The maximum Gasteiger partial charge on any atom is 0.345 e. The van der Waals surface area contributed by atoms with Crippen LogP contribution in [0.1, 0.15) is 62.2 Å². The van der Waals surface area contributed by atoms with E-state index in [1.807, 2.05) is 0 Å². The standard InChI is InChI=1S/C22H29O9P/c1-2-29-32(27,28)15-18(22(26)31-20(24)14-16-8-6-7-9-16)12-13-19(23)30-21(25)17-10-4-3-5-11-17/h3-5,10-11,16,18H,2,6-9,12-15H2,1H3,(H,27,28). The molecular formula is C22H29O9P. The minimum Gasteiger partial charge on any atom is -0.393 e. The van der Waals surface area contributed by atoms with Gasteiger partial charge in [0.2, 0.25) is 0 Å². The van der Waals surface area contributed by atoms with Gasteiger partial charge in [0.1, 0.15) is 0 Å². The molecule has 0 heterocycles. The van der Waals surface area contributed by atoms with Crippen LogP contribution in [0.4, 0.5) is 0 Å². The highest BCUT2D eigenvalue weighted by Crippen LogP contribution is 2.44. The summed E-state index contributed by atoms with van der Waals surface area (Å²) in [6.45, 7) is 1.47. The number of ether oxygens (including phenoxy) is 2. The Bertz CT molecular complexity index is 846. The van der Waals surface area contributed by atoms with Crippen molar-refractivity contribution in [1.82, 2.24) is 0 Å². The lowest BCUT2D eigenvalue weighted by atomic mass is 10.0. The monoisotopic (exact) mass is 468 g/mol. The molecule has 1 aliphatic rings. The fourth-order valence-electron chi connectivity index (χ4n) is 3.58. The Balaban J connectivity index is 1.95. The zero-order valence-corrected chi connectivity index (χ0v) is 19.0. The van der Waals surface area contributed by atoms with Crippen LogP contribution < -0.4 is 0 Å². The Labute approximate surface area is 187 Å². The van der Waals surface area contributed by atoms with Crippen molar-refractivity contribution >= 4 is 31.5 Å². The molecule has 2 unspecified atom stereocenters. The molecule has 1 fully saturated rings. The molecule has 0 amide bonds. The van der Waals surface area contributed by atoms with Crippen LogP contribution in [0.25, 0.3) is 0 Å². The maximum absolute atomic E-state index is 12.5. The van der Waals surface area contributed by atoms with Crippen molar-refractivity contribution in [2.45, 2.75) is 51.9 Å². The smallest absolute Gasteiger partial charge is 0.345 e. The van der Waals surface area contributed by atoms with Crippen LogP contribution in [0.3, 0.4) is 0 Å². The number of esters is 4. The summed E-state index contributed by atoms with van der Waals surface area (Å²) in [5.74, 6) is -4.52. The first-order valence-corrected chi connectivity index (χ1v) is 12.5. The van der Waals surface area contributed by atoms with E-state index in [-0.39, 0.29) is 37.4 Å². The molecule has 0 aromatic heterocycles. The van der Waals surface area contributed by atoms with E-state index in [2.05, 4.69) is 0 Å². The molecule has 1 N–H and O–H groups in total. The van der Waals surface area contributed by atoms with Gasteiger partial charge in [-0.25, -0.2) is 4.79 Å². The van der Waals surface area contributed by atoms with E-state index in [1.165, 1.54) is 19.1 Å². The minimum absolute atomic E-state index is 0.0518. The zero-order chi connectivity index (χ0) is 23.6. The molecule has 176 valence electrons. The lowest BCUT2D eigenvalue weighted by Gasteiger charge is -2.18. The largest absolute Gasteiger partial charge is 0.393 e. The van der Waals surface area contributed by atoms with Gasteiger partial charge in [-0.3, -0.25) is 18.9 Å². The first-order valence-electron chi connectivity index (χ1n) is 10.7. The quantitative estimate of drug-likeness (QED) is 0.293. The molecule has 1 saturated carbocycles. The number of hydrogen-bond acceptors (Lipinski definition) is 8. The van der Waals surface area contributed by atoms with Crippen LogP contribution in [0, 0.1) is 11.8 Å². The van der Waals surface area contributed by atoms with Gasteiger partial charge in [-0.05, 0) is 44.2 Å². The Hall–Kier alpha value is -2.35. The van der Waals surface area contributed by atoms with Crippen LogP contribution in [0.2, 0.25) is 0 Å². The van der Waals surface area contributed by atoms with Crippen molar-refractivity contribution in [2.75, 3.05) is 12.8 Å². The van der Waals surface area contributed by atoms with Gasteiger partial charge in [-0.2, -0.15) is 0 Å². The van der Waals surface area contributed by atoms with Crippen molar-refractivity contribution < 1.29 is 42.6 Å². The highest BCUT2D eigenvalue weighted by Gasteiger charge is 2.33. The lowest BCUT2D eigenvalue weighted by Crippen LogP contribution is -2.26. The minimum atomic E-state index is -4.14. The first-order chi connectivity index (χ1) is 15.2. The summed E-state index contributed by atoms with van der Waals surface area (Å²) in [5, 5.41) is 0. The van der Waals surface area contributed by atoms with Crippen LogP contribution in [0.5, 0.6) is 0 Å². The fourth-order valence-corrected chi connectivity index (χ4v) is 4.98. The topological polar surface area (TPSA) is 133 Å². The molecule has 9 nitrogen and oxygen atoms in total. The predicted molar refractivity (Wildman–Crippen MR) is 114 cm³/mol. The van der Waals surface area contributed by atoms with Crippen molar-refractivity contribution in [3.8, 4) is 0 Å². The summed E-state index contributed by atoms with van der Waals surface area (Å²) in [6.07, 6.45) is 2.70. The summed E-state index contributed by atoms with van der Waals surface area (Å²) in [7, 11) is -4.14. The molecule has 0 aliphatic heterocycles. The Morgan fingerprint density at radius 2 is 1.72 bits per heavy atom. The van der Waals surface area contributed by atoms with E-state index < -0.39 is 43.6 Å². The summed E-state index contributed by atoms with van der Waals surface area (Å²) in [4.78, 5) is 58.6. The molecule has 0 saturated heterocycles. The van der Waals surface area contributed by atoms with Crippen molar-refractivity contribution in [1.29, 1.82) is 0 Å². The predicted octanol–water partition coefficient (Wildman–Crippen LogP) is 3.64. The maximum atomic E-state index is 12.5. The molecule has 32 heavy (non-hydrogen) atoms. The van der Waals surface area contributed by atoms with E-state index in [4.69, 9.17) is 14.0 Å². The van der Waals surface area contributed by atoms with Gasteiger partial charge >= 0.3 is 31.5 Å². The first kappa shape index (κ1) is 25.9. The van der Waals surface area contributed by atoms with Crippen molar-refractivity contribution in [3.63, 3.8) is 0 Å². The average Bonchev–Trinajstić information content (AvgIpc) is 3.24. The summed E-state index contributed by atoms with van der Waals surface area (Å²) in [6, 6.07) is 7.89. The average molecular weight is 468 g/mol. The Morgan fingerprint density at radius 3 is 2.34 bits per heavy atom. The van der Waals surface area contributed by atoms with Gasteiger partial charge in [0.25, 0.3) is 0 Å². The van der Waals surface area contributed by atoms with Gasteiger partial charge in [0.15, 0.2) is 0 Å². The number of rotatable bonds is 11. The number of benzene rings is 1. The molecule has 2 atom stereocenters. The number of carbonyl (C=O) groups is 4. The SMILES string of the molecule is CCOP(=O)(O)CC(CCC(=O)OC(=O)c1ccccc1)C(=O)OC(=O)CC1CCCC1.